The first-order valence-electron chi connectivity index (χ1n) is 9.34. The Bertz CT molecular complexity index is 761. The summed E-state index contributed by atoms with van der Waals surface area (Å²) >= 11 is 0. The summed E-state index contributed by atoms with van der Waals surface area (Å²) in [5, 5.41) is 12.0. The first kappa shape index (κ1) is 28.2. The highest BCUT2D eigenvalue weighted by atomic mass is 17.0. The average molecular weight is 450 g/mol. The van der Waals surface area contributed by atoms with E-state index >= 15 is 0 Å². The van der Waals surface area contributed by atoms with Crippen LogP contribution in [-0.4, -0.2) is 47.0 Å². The standard InChI is InChI=1S/2C11H12O4.H2O2/c2*1-8(2)14-11(13)15-10(12)9-6-4-3-5-7-9;1-2/h2*3-8H,1-2H3;1-2H. The van der Waals surface area contributed by atoms with E-state index in [2.05, 4.69) is 18.9 Å². The van der Waals surface area contributed by atoms with E-state index in [-0.39, 0.29) is 12.2 Å². The van der Waals surface area contributed by atoms with Gasteiger partial charge in [0.2, 0.25) is 0 Å². The molecule has 0 radical (unpaired) electrons. The van der Waals surface area contributed by atoms with Crippen LogP contribution >= 0.6 is 0 Å². The molecule has 0 aromatic heterocycles. The van der Waals surface area contributed by atoms with Crippen LogP contribution in [0.2, 0.25) is 0 Å². The van der Waals surface area contributed by atoms with Gasteiger partial charge in [-0.1, -0.05) is 36.4 Å². The molecule has 32 heavy (non-hydrogen) atoms. The second-order valence-corrected chi connectivity index (χ2v) is 6.34. The van der Waals surface area contributed by atoms with Crippen molar-refractivity contribution in [3.63, 3.8) is 0 Å². The summed E-state index contributed by atoms with van der Waals surface area (Å²) in [6, 6.07) is 16.5. The maximum absolute atomic E-state index is 11.3. The number of hydrogen-bond acceptors (Lipinski definition) is 10. The topological polar surface area (TPSA) is 146 Å². The zero-order valence-electron chi connectivity index (χ0n) is 18.1. The van der Waals surface area contributed by atoms with Gasteiger partial charge in [-0.2, -0.15) is 0 Å². The molecule has 0 amide bonds. The zero-order chi connectivity index (χ0) is 24.5. The summed E-state index contributed by atoms with van der Waals surface area (Å²) in [6.07, 6.45) is -2.56. The van der Waals surface area contributed by atoms with E-state index < -0.39 is 24.2 Å². The molecule has 2 N–H and O–H groups in total. The maximum atomic E-state index is 11.3. The van der Waals surface area contributed by atoms with Crippen LogP contribution in [0.15, 0.2) is 60.7 Å². The molecule has 2 rings (SSSR count). The molecule has 10 heteroatoms. The minimum Gasteiger partial charge on any atom is -0.431 e. The summed E-state index contributed by atoms with van der Waals surface area (Å²) in [6.45, 7) is 6.70. The minimum atomic E-state index is -0.973. The van der Waals surface area contributed by atoms with Gasteiger partial charge in [0.25, 0.3) is 0 Å². The van der Waals surface area contributed by atoms with Crippen LogP contribution < -0.4 is 0 Å². The number of hydrogen-bond donors (Lipinski definition) is 2. The summed E-state index contributed by atoms with van der Waals surface area (Å²) in [7, 11) is 0. The van der Waals surface area contributed by atoms with Gasteiger partial charge in [-0.15, -0.1) is 0 Å². The molecule has 2 aromatic rings. The van der Waals surface area contributed by atoms with Crippen molar-refractivity contribution in [1.82, 2.24) is 0 Å². The predicted molar refractivity (Wildman–Crippen MR) is 112 cm³/mol. The van der Waals surface area contributed by atoms with Gasteiger partial charge in [0.15, 0.2) is 0 Å². The fourth-order valence-electron chi connectivity index (χ4n) is 1.85. The number of ether oxygens (including phenoxy) is 4. The van der Waals surface area contributed by atoms with E-state index in [9.17, 15) is 19.2 Å². The highest BCUT2D eigenvalue weighted by molar-refractivity contribution is 5.95. The number of esters is 2. The highest BCUT2D eigenvalue weighted by Gasteiger charge is 2.15. The van der Waals surface area contributed by atoms with E-state index in [1.54, 1.807) is 88.4 Å². The Morgan fingerprint density at radius 2 is 0.875 bits per heavy atom. The van der Waals surface area contributed by atoms with E-state index in [4.69, 9.17) is 10.5 Å². The molecule has 0 bridgehead atoms. The van der Waals surface area contributed by atoms with Gasteiger partial charge in [-0.05, 0) is 52.0 Å². The largest absolute Gasteiger partial charge is 0.516 e. The van der Waals surface area contributed by atoms with Crippen molar-refractivity contribution in [2.75, 3.05) is 0 Å². The predicted octanol–water partition coefficient (Wildman–Crippen LogP) is 4.79. The molecule has 0 fully saturated rings. The molecule has 0 unspecified atom stereocenters. The average Bonchev–Trinajstić information content (AvgIpc) is 2.75. The number of benzene rings is 2. The van der Waals surface area contributed by atoms with Crippen LogP contribution in [0.25, 0.3) is 0 Å². The van der Waals surface area contributed by atoms with Crippen molar-refractivity contribution in [2.45, 2.75) is 39.9 Å². The van der Waals surface area contributed by atoms with Crippen LogP contribution in [0.4, 0.5) is 9.59 Å². The van der Waals surface area contributed by atoms with Gasteiger partial charge in [0.1, 0.15) is 0 Å². The molecule has 174 valence electrons. The van der Waals surface area contributed by atoms with Crippen molar-refractivity contribution in [1.29, 1.82) is 0 Å². The normalized spacial score (nSPS) is 9.38. The van der Waals surface area contributed by atoms with E-state index in [1.165, 1.54) is 0 Å². The summed E-state index contributed by atoms with van der Waals surface area (Å²) in [5.74, 6) is -1.41. The summed E-state index contributed by atoms with van der Waals surface area (Å²) < 4.78 is 18.2. The minimum absolute atomic E-state index is 0.305. The molecule has 0 heterocycles. The molecule has 0 aliphatic carbocycles. The lowest BCUT2D eigenvalue weighted by molar-refractivity contribution is -0.176. The Hall–Kier alpha value is -3.76. The molecule has 0 aliphatic heterocycles. The van der Waals surface area contributed by atoms with Gasteiger partial charge in [0, 0.05) is 0 Å². The molecule has 0 atom stereocenters. The van der Waals surface area contributed by atoms with E-state index in [0.29, 0.717) is 11.1 Å². The first-order chi connectivity index (χ1) is 15.2. The van der Waals surface area contributed by atoms with Crippen molar-refractivity contribution >= 4 is 24.2 Å². The molecule has 0 saturated heterocycles. The van der Waals surface area contributed by atoms with Gasteiger partial charge in [-0.3, -0.25) is 10.5 Å². The number of rotatable bonds is 4. The second-order valence-electron chi connectivity index (χ2n) is 6.34. The maximum Gasteiger partial charge on any atom is 0.516 e. The lowest BCUT2D eigenvalue weighted by atomic mass is 10.2. The van der Waals surface area contributed by atoms with Crippen molar-refractivity contribution in [3.8, 4) is 0 Å². The Labute approximate surface area is 185 Å². The SMILES string of the molecule is CC(C)OC(=O)OC(=O)c1ccccc1.CC(C)OC(=O)OC(=O)c1ccccc1.OO. The quantitative estimate of drug-likeness (QED) is 0.288. The smallest absolute Gasteiger partial charge is 0.431 e. The Morgan fingerprint density at radius 1 is 0.594 bits per heavy atom. The lowest BCUT2D eigenvalue weighted by Gasteiger charge is -2.06. The van der Waals surface area contributed by atoms with Gasteiger partial charge < -0.3 is 18.9 Å². The van der Waals surface area contributed by atoms with Crippen molar-refractivity contribution in [2.24, 2.45) is 0 Å². The van der Waals surface area contributed by atoms with Gasteiger partial charge in [-0.25, -0.2) is 19.2 Å². The Balaban J connectivity index is 0.000000557. The molecular formula is C22H26O10. The zero-order valence-corrected chi connectivity index (χ0v) is 18.1. The van der Waals surface area contributed by atoms with E-state index in [1.807, 2.05) is 0 Å². The Kier molecular flexibility index (Phi) is 14.1. The number of carbonyl (C=O) groups is 4. The van der Waals surface area contributed by atoms with Gasteiger partial charge in [0.05, 0.1) is 23.3 Å². The second kappa shape index (κ2) is 16.0. The molecule has 2 aromatic carbocycles. The van der Waals surface area contributed by atoms with Crippen LogP contribution in [0.1, 0.15) is 48.4 Å². The summed E-state index contributed by atoms with van der Waals surface area (Å²) in [4.78, 5) is 44.6. The molecule has 10 nitrogen and oxygen atoms in total. The van der Waals surface area contributed by atoms with Crippen LogP contribution in [-0.2, 0) is 18.9 Å². The number of carbonyl (C=O) groups excluding carboxylic acids is 4. The van der Waals surface area contributed by atoms with Crippen LogP contribution in [0, 0.1) is 0 Å². The lowest BCUT2D eigenvalue weighted by Crippen LogP contribution is -2.17. The fraction of sp³-hybridized carbons (Fsp3) is 0.273. The highest BCUT2D eigenvalue weighted by Crippen LogP contribution is 2.04. The van der Waals surface area contributed by atoms with Crippen LogP contribution in [0.5, 0.6) is 0 Å². The fourth-order valence-corrected chi connectivity index (χ4v) is 1.85. The molecular weight excluding hydrogens is 424 g/mol. The molecule has 0 aliphatic rings. The third kappa shape index (κ3) is 12.7. The monoisotopic (exact) mass is 450 g/mol. The van der Waals surface area contributed by atoms with Crippen molar-refractivity contribution in [3.05, 3.63) is 71.8 Å². The first-order valence-corrected chi connectivity index (χ1v) is 9.34. The van der Waals surface area contributed by atoms with Crippen molar-refractivity contribution < 1.29 is 48.6 Å². The summed E-state index contributed by atoms with van der Waals surface area (Å²) in [5.41, 5.74) is 0.636. The Morgan fingerprint density at radius 3 is 1.12 bits per heavy atom. The third-order valence-electron chi connectivity index (χ3n) is 3.03. The van der Waals surface area contributed by atoms with Crippen LogP contribution in [0.3, 0.4) is 0 Å². The molecule has 0 saturated carbocycles. The van der Waals surface area contributed by atoms with E-state index in [0.717, 1.165) is 0 Å². The van der Waals surface area contributed by atoms with Gasteiger partial charge >= 0.3 is 24.2 Å². The third-order valence-corrected chi connectivity index (χ3v) is 3.03. The molecule has 0 spiro atoms.